The van der Waals surface area contributed by atoms with E-state index in [-0.39, 0.29) is 0 Å². The van der Waals surface area contributed by atoms with Crippen LogP contribution in [0.15, 0.2) is 12.4 Å². The Labute approximate surface area is 104 Å². The lowest BCUT2D eigenvalue weighted by Gasteiger charge is -2.33. The van der Waals surface area contributed by atoms with Gasteiger partial charge in [0, 0.05) is 38.1 Å². The van der Waals surface area contributed by atoms with Crippen molar-refractivity contribution in [3.05, 3.63) is 12.4 Å². The maximum atomic E-state index is 4.46. The summed E-state index contributed by atoms with van der Waals surface area (Å²) >= 11 is 0. The summed E-state index contributed by atoms with van der Waals surface area (Å²) in [6, 6.07) is 1.10. The molecule has 1 aromatic heterocycles. The molecule has 1 fully saturated rings. The Bertz CT molecular complexity index is 339. The van der Waals surface area contributed by atoms with Crippen LogP contribution in [0.5, 0.6) is 0 Å². The Morgan fingerprint density at radius 1 is 1.53 bits per heavy atom. The second-order valence-electron chi connectivity index (χ2n) is 5.23. The SMILES string of the molecule is CC(C)N(CC1CCCCN1)c1nccn1C. The van der Waals surface area contributed by atoms with Crippen molar-refractivity contribution in [1.82, 2.24) is 14.9 Å². The molecule has 96 valence electrons. The molecule has 0 aliphatic carbocycles. The van der Waals surface area contributed by atoms with Crippen LogP contribution in [0.3, 0.4) is 0 Å². The summed E-state index contributed by atoms with van der Waals surface area (Å²) in [4.78, 5) is 6.86. The van der Waals surface area contributed by atoms with Crippen LogP contribution in [-0.2, 0) is 7.05 Å². The van der Waals surface area contributed by atoms with Gasteiger partial charge in [0.15, 0.2) is 0 Å². The number of nitrogens with one attached hydrogen (secondary N) is 1. The molecule has 1 unspecified atom stereocenters. The van der Waals surface area contributed by atoms with Crippen molar-refractivity contribution in [3.8, 4) is 0 Å². The minimum absolute atomic E-state index is 0.486. The highest BCUT2D eigenvalue weighted by atomic mass is 15.3. The molecule has 0 amide bonds. The molecule has 1 atom stereocenters. The van der Waals surface area contributed by atoms with E-state index in [0.29, 0.717) is 12.1 Å². The van der Waals surface area contributed by atoms with Crippen LogP contribution in [0.4, 0.5) is 5.95 Å². The van der Waals surface area contributed by atoms with Crippen molar-refractivity contribution < 1.29 is 0 Å². The van der Waals surface area contributed by atoms with Crippen molar-refractivity contribution in [2.45, 2.75) is 45.2 Å². The number of rotatable bonds is 4. The normalized spacial score (nSPS) is 20.8. The Morgan fingerprint density at radius 3 is 2.88 bits per heavy atom. The Balaban J connectivity index is 2.05. The van der Waals surface area contributed by atoms with Gasteiger partial charge in [-0.3, -0.25) is 0 Å². The molecule has 2 heterocycles. The van der Waals surface area contributed by atoms with Gasteiger partial charge in [0.05, 0.1) is 0 Å². The topological polar surface area (TPSA) is 33.1 Å². The van der Waals surface area contributed by atoms with Gasteiger partial charge in [-0.05, 0) is 33.2 Å². The maximum absolute atomic E-state index is 4.46. The summed E-state index contributed by atoms with van der Waals surface area (Å²) in [5.74, 6) is 1.08. The number of hydrogen-bond acceptors (Lipinski definition) is 3. The van der Waals surface area contributed by atoms with Gasteiger partial charge in [-0.25, -0.2) is 4.98 Å². The fourth-order valence-corrected chi connectivity index (χ4v) is 2.48. The molecule has 1 N–H and O–H groups in total. The summed E-state index contributed by atoms with van der Waals surface area (Å²) in [5, 5.41) is 3.61. The Morgan fingerprint density at radius 2 is 2.35 bits per heavy atom. The van der Waals surface area contributed by atoms with Crippen LogP contribution in [0.2, 0.25) is 0 Å². The second-order valence-corrected chi connectivity index (χ2v) is 5.23. The average molecular weight is 236 g/mol. The number of aryl methyl sites for hydroxylation is 1. The minimum Gasteiger partial charge on any atom is -0.338 e. The van der Waals surface area contributed by atoms with E-state index in [4.69, 9.17) is 0 Å². The monoisotopic (exact) mass is 236 g/mol. The highest BCUT2D eigenvalue weighted by molar-refractivity contribution is 5.32. The molecule has 0 radical (unpaired) electrons. The van der Waals surface area contributed by atoms with Crippen molar-refractivity contribution in [3.63, 3.8) is 0 Å². The third-order valence-corrected chi connectivity index (χ3v) is 3.51. The zero-order valence-electron chi connectivity index (χ0n) is 11.2. The summed E-state index contributed by atoms with van der Waals surface area (Å²) in [7, 11) is 2.06. The van der Waals surface area contributed by atoms with Gasteiger partial charge >= 0.3 is 0 Å². The van der Waals surface area contributed by atoms with Crippen LogP contribution >= 0.6 is 0 Å². The van der Waals surface area contributed by atoms with Crippen molar-refractivity contribution in [2.24, 2.45) is 7.05 Å². The van der Waals surface area contributed by atoms with Gasteiger partial charge < -0.3 is 14.8 Å². The van der Waals surface area contributed by atoms with Gasteiger partial charge in [0.2, 0.25) is 5.95 Å². The first kappa shape index (κ1) is 12.4. The molecule has 17 heavy (non-hydrogen) atoms. The maximum Gasteiger partial charge on any atom is 0.205 e. The fourth-order valence-electron chi connectivity index (χ4n) is 2.48. The van der Waals surface area contributed by atoms with E-state index in [0.717, 1.165) is 19.0 Å². The van der Waals surface area contributed by atoms with E-state index >= 15 is 0 Å². The second kappa shape index (κ2) is 5.54. The molecule has 1 aliphatic rings. The van der Waals surface area contributed by atoms with E-state index < -0.39 is 0 Å². The van der Waals surface area contributed by atoms with Crippen LogP contribution < -0.4 is 10.2 Å². The molecule has 4 heteroatoms. The van der Waals surface area contributed by atoms with E-state index in [1.165, 1.54) is 19.3 Å². The first-order chi connectivity index (χ1) is 8.18. The fraction of sp³-hybridized carbons (Fsp3) is 0.769. The molecule has 0 aromatic carbocycles. The molecular formula is C13H24N4. The number of imidazole rings is 1. The lowest BCUT2D eigenvalue weighted by Crippen LogP contribution is -2.46. The first-order valence-corrected chi connectivity index (χ1v) is 6.66. The molecule has 2 rings (SSSR count). The number of piperidine rings is 1. The molecule has 1 aliphatic heterocycles. The quantitative estimate of drug-likeness (QED) is 0.865. The summed E-state index contributed by atoms with van der Waals surface area (Å²) < 4.78 is 2.10. The smallest absolute Gasteiger partial charge is 0.205 e. The lowest BCUT2D eigenvalue weighted by atomic mass is 10.0. The highest BCUT2D eigenvalue weighted by Gasteiger charge is 2.21. The van der Waals surface area contributed by atoms with Crippen molar-refractivity contribution in [2.75, 3.05) is 18.0 Å². The Kier molecular flexibility index (Phi) is 4.05. The molecular weight excluding hydrogens is 212 g/mol. The molecule has 0 spiro atoms. The third kappa shape index (κ3) is 3.00. The van der Waals surface area contributed by atoms with E-state index in [1.807, 2.05) is 12.4 Å². The van der Waals surface area contributed by atoms with Crippen LogP contribution in [-0.4, -0.2) is 34.7 Å². The van der Waals surface area contributed by atoms with Gasteiger partial charge in [-0.2, -0.15) is 0 Å². The number of nitrogens with zero attached hydrogens (tertiary/aromatic N) is 3. The predicted octanol–water partition coefficient (Wildman–Crippen LogP) is 1.78. The van der Waals surface area contributed by atoms with E-state index in [1.54, 1.807) is 0 Å². The number of aromatic nitrogens is 2. The number of anilines is 1. The first-order valence-electron chi connectivity index (χ1n) is 6.66. The molecule has 1 aromatic rings. The van der Waals surface area contributed by atoms with Gasteiger partial charge in [-0.15, -0.1) is 0 Å². The van der Waals surface area contributed by atoms with Gasteiger partial charge in [-0.1, -0.05) is 6.42 Å². The highest BCUT2D eigenvalue weighted by Crippen LogP contribution is 2.16. The standard InChI is InChI=1S/C13H24N4/c1-11(2)17(13-15-8-9-16(13)3)10-12-6-4-5-7-14-12/h8-9,11-12,14H,4-7,10H2,1-3H3. The summed E-state index contributed by atoms with van der Waals surface area (Å²) in [5.41, 5.74) is 0. The zero-order chi connectivity index (χ0) is 12.3. The van der Waals surface area contributed by atoms with Crippen molar-refractivity contribution in [1.29, 1.82) is 0 Å². The third-order valence-electron chi connectivity index (χ3n) is 3.51. The van der Waals surface area contributed by atoms with Gasteiger partial charge in [0.25, 0.3) is 0 Å². The molecule has 1 saturated heterocycles. The number of hydrogen-bond donors (Lipinski definition) is 1. The summed E-state index contributed by atoms with van der Waals surface area (Å²) in [6.07, 6.45) is 7.84. The largest absolute Gasteiger partial charge is 0.338 e. The van der Waals surface area contributed by atoms with Crippen LogP contribution in [0.25, 0.3) is 0 Å². The molecule has 0 bridgehead atoms. The minimum atomic E-state index is 0.486. The van der Waals surface area contributed by atoms with Crippen LogP contribution in [0.1, 0.15) is 33.1 Å². The predicted molar refractivity (Wildman–Crippen MR) is 71.3 cm³/mol. The van der Waals surface area contributed by atoms with Crippen molar-refractivity contribution >= 4 is 5.95 Å². The van der Waals surface area contributed by atoms with Crippen LogP contribution in [0, 0.1) is 0 Å². The Hall–Kier alpha value is -1.03. The lowest BCUT2D eigenvalue weighted by molar-refractivity contribution is 0.391. The molecule has 4 nitrogen and oxygen atoms in total. The summed E-state index contributed by atoms with van der Waals surface area (Å²) in [6.45, 7) is 6.69. The van der Waals surface area contributed by atoms with E-state index in [9.17, 15) is 0 Å². The van der Waals surface area contributed by atoms with Gasteiger partial charge in [0.1, 0.15) is 0 Å². The zero-order valence-corrected chi connectivity index (χ0v) is 11.2. The van der Waals surface area contributed by atoms with E-state index in [2.05, 4.69) is 40.7 Å². The molecule has 0 saturated carbocycles. The average Bonchev–Trinajstić information content (AvgIpc) is 2.73.